The maximum absolute atomic E-state index is 14.4. The Balaban J connectivity index is 1.14. The summed E-state index contributed by atoms with van der Waals surface area (Å²) in [5.74, 6) is -0.472. The molecule has 8 aromatic carbocycles. The lowest BCUT2D eigenvalue weighted by Crippen LogP contribution is -2.74. The predicted octanol–water partition coefficient (Wildman–Crippen LogP) is 8.12. The molecule has 0 amide bonds. The Morgan fingerprint density at radius 1 is 0.281 bits per heavy atom. The molecule has 0 bridgehead atoms. The Bertz CT molecular complexity index is 2430. The van der Waals surface area contributed by atoms with Gasteiger partial charge in [0, 0.05) is 10.4 Å². The van der Waals surface area contributed by atoms with E-state index in [-0.39, 0.29) is 11.6 Å². The lowest BCUT2D eigenvalue weighted by molar-refractivity contribution is 0.628. The minimum Gasteiger partial charge on any atom is -0.207 e. The molecule has 9 aromatic rings. The fourth-order valence-corrected chi connectivity index (χ4v) is 19.0. The van der Waals surface area contributed by atoms with Crippen LogP contribution < -0.4 is 41.5 Å². The first-order valence-corrected chi connectivity index (χ1v) is 24.0. The molecule has 0 spiro atoms. The summed E-state index contributed by atoms with van der Waals surface area (Å²) in [7, 11) is -5.60. The lowest BCUT2D eigenvalue weighted by atomic mass is 10.0. The van der Waals surface area contributed by atoms with Crippen LogP contribution in [0.5, 0.6) is 0 Å². The van der Waals surface area contributed by atoms with Crippen LogP contribution >= 0.6 is 11.3 Å². The van der Waals surface area contributed by atoms with Crippen molar-refractivity contribution in [3.05, 3.63) is 241 Å². The van der Waals surface area contributed by atoms with E-state index in [0.29, 0.717) is 0 Å². The predicted molar refractivity (Wildman–Crippen MR) is 242 cm³/mol. The Hall–Kier alpha value is -6.25. The van der Waals surface area contributed by atoms with Gasteiger partial charge in [-0.3, -0.25) is 0 Å². The molecule has 274 valence electrons. The second-order valence-electron chi connectivity index (χ2n) is 14.3. The van der Waals surface area contributed by atoms with E-state index in [0.717, 1.165) is 21.5 Å². The summed E-state index contributed by atoms with van der Waals surface area (Å²) in [4.78, 5) is 1.20. The van der Waals surface area contributed by atoms with Crippen LogP contribution in [0.25, 0.3) is 21.6 Å². The second kappa shape index (κ2) is 15.7. The van der Waals surface area contributed by atoms with Crippen LogP contribution in [-0.2, 0) is 0 Å². The monoisotopic (exact) mass is 788 g/mol. The van der Waals surface area contributed by atoms with Crippen molar-refractivity contribution in [1.82, 2.24) is 0 Å². The molecule has 0 saturated heterocycles. The third kappa shape index (κ3) is 6.54. The summed E-state index contributed by atoms with van der Waals surface area (Å²) < 4.78 is 28.8. The summed E-state index contributed by atoms with van der Waals surface area (Å²) >= 11 is 1.75. The van der Waals surface area contributed by atoms with E-state index in [1.54, 1.807) is 35.6 Å². The second-order valence-corrected chi connectivity index (χ2v) is 22.8. The van der Waals surface area contributed by atoms with Crippen LogP contribution in [0.3, 0.4) is 0 Å². The average molecular weight is 789 g/mol. The number of hydrogen-bond donors (Lipinski definition) is 0. The summed E-state index contributed by atoms with van der Waals surface area (Å²) in [6.45, 7) is 0. The highest BCUT2D eigenvalue weighted by atomic mass is 32.1. The first-order valence-electron chi connectivity index (χ1n) is 19.1. The number of thiophene rings is 1. The third-order valence-corrected chi connectivity index (χ3v) is 21.8. The van der Waals surface area contributed by atoms with Crippen molar-refractivity contribution in [3.8, 4) is 21.6 Å². The van der Waals surface area contributed by atoms with E-state index in [1.807, 2.05) is 24.3 Å². The number of rotatable bonds is 10. The molecule has 0 fully saturated rings. The van der Waals surface area contributed by atoms with Gasteiger partial charge in [0.15, 0.2) is 16.1 Å². The molecule has 0 nitrogen and oxygen atoms in total. The zero-order valence-electron chi connectivity index (χ0n) is 31.1. The van der Waals surface area contributed by atoms with Crippen LogP contribution in [-0.4, -0.2) is 16.1 Å². The third-order valence-electron chi connectivity index (χ3n) is 11.3. The van der Waals surface area contributed by atoms with E-state index in [1.165, 1.54) is 41.6 Å². The molecule has 0 aliphatic rings. The molecule has 0 radical (unpaired) electrons. The van der Waals surface area contributed by atoms with Crippen molar-refractivity contribution in [2.24, 2.45) is 0 Å². The van der Waals surface area contributed by atoms with E-state index in [4.69, 9.17) is 0 Å². The van der Waals surface area contributed by atoms with Crippen molar-refractivity contribution in [3.63, 3.8) is 0 Å². The van der Waals surface area contributed by atoms with Gasteiger partial charge in [0.25, 0.3) is 0 Å². The number of benzene rings is 8. The topological polar surface area (TPSA) is 0 Å². The molecule has 0 N–H and O–H groups in total. The number of halogens is 2. The van der Waals surface area contributed by atoms with E-state index in [9.17, 15) is 8.78 Å². The van der Waals surface area contributed by atoms with Crippen LogP contribution in [0, 0.1) is 11.6 Å². The molecular formula is C52H38F2SSi2. The number of hydrogen-bond acceptors (Lipinski definition) is 1. The highest BCUT2D eigenvalue weighted by Crippen LogP contribution is 2.36. The van der Waals surface area contributed by atoms with Gasteiger partial charge in [-0.2, -0.15) is 0 Å². The summed E-state index contributed by atoms with van der Waals surface area (Å²) in [6.07, 6.45) is 0. The van der Waals surface area contributed by atoms with Gasteiger partial charge in [0.05, 0.1) is 0 Å². The molecular weight excluding hydrogens is 751 g/mol. The van der Waals surface area contributed by atoms with Gasteiger partial charge >= 0.3 is 0 Å². The SMILES string of the molecule is Fc1ccc([Si](c2ccccc2)(c2ccccc2)c2ccc(-c3ccsc3-c3ccc([Si](c4ccccc4)(c4ccccc4)c4ccc(F)cc4)cc3)cc2)cc1. The largest absolute Gasteiger partial charge is 0.207 e. The van der Waals surface area contributed by atoms with Crippen molar-refractivity contribution in [2.45, 2.75) is 0 Å². The van der Waals surface area contributed by atoms with Crippen LogP contribution in [0.2, 0.25) is 0 Å². The van der Waals surface area contributed by atoms with Gasteiger partial charge in [-0.15, -0.1) is 11.3 Å². The standard InChI is InChI=1S/C52H38F2SSi2/c53-41-25-33-49(34-26-41)56(43-13-5-1-6-14-43,44-15-7-2-8-16-44)47-29-21-39(22-30-47)51-37-38-55-52(51)40-23-31-48(32-24-40)57(45-17-9-3-10-18-45,46-19-11-4-12-20-46)50-35-27-42(54)28-36-50/h1-38H. The molecule has 5 heteroatoms. The Kier molecular flexibility index (Phi) is 10.0. The quantitative estimate of drug-likeness (QED) is 0.0972. The maximum atomic E-state index is 14.4. The zero-order chi connectivity index (χ0) is 38.7. The van der Waals surface area contributed by atoms with E-state index < -0.39 is 16.1 Å². The van der Waals surface area contributed by atoms with Gasteiger partial charge in [-0.1, -0.05) is 194 Å². The molecule has 9 rings (SSSR count). The highest BCUT2D eigenvalue weighted by Gasteiger charge is 2.42. The van der Waals surface area contributed by atoms with Crippen molar-refractivity contribution in [1.29, 1.82) is 0 Å². The van der Waals surface area contributed by atoms with Crippen LogP contribution in [0.1, 0.15) is 0 Å². The first-order chi connectivity index (χ1) is 28.1. The molecule has 0 saturated carbocycles. The van der Waals surface area contributed by atoms with Crippen molar-refractivity contribution >= 4 is 69.0 Å². The lowest BCUT2D eigenvalue weighted by Gasteiger charge is -2.34. The fraction of sp³-hybridized carbons (Fsp3) is 0. The summed E-state index contributed by atoms with van der Waals surface area (Å²) in [6, 6.07) is 77.5. The van der Waals surface area contributed by atoms with Crippen molar-refractivity contribution in [2.75, 3.05) is 0 Å². The van der Waals surface area contributed by atoms with Gasteiger partial charge in [0.1, 0.15) is 11.6 Å². The Labute approximate surface area is 339 Å². The van der Waals surface area contributed by atoms with Gasteiger partial charge in [0.2, 0.25) is 0 Å². The smallest absolute Gasteiger partial charge is 0.179 e. The van der Waals surface area contributed by atoms with Crippen LogP contribution in [0.15, 0.2) is 230 Å². The van der Waals surface area contributed by atoms with Gasteiger partial charge in [-0.05, 0) is 88.3 Å². The van der Waals surface area contributed by atoms with Crippen molar-refractivity contribution < 1.29 is 8.78 Å². The average Bonchev–Trinajstić information content (AvgIpc) is 3.78. The minimum atomic E-state index is -2.80. The van der Waals surface area contributed by atoms with E-state index >= 15 is 0 Å². The van der Waals surface area contributed by atoms with Crippen LogP contribution in [0.4, 0.5) is 8.78 Å². The molecule has 0 aliphatic heterocycles. The molecule has 0 aliphatic carbocycles. The first kappa shape index (κ1) is 36.4. The molecule has 1 aromatic heterocycles. The molecule has 0 unspecified atom stereocenters. The summed E-state index contributed by atoms with van der Waals surface area (Å²) in [5, 5.41) is 11.9. The van der Waals surface area contributed by atoms with E-state index in [2.05, 4.69) is 181 Å². The Morgan fingerprint density at radius 3 is 0.895 bits per heavy atom. The maximum Gasteiger partial charge on any atom is 0.179 e. The normalized spacial score (nSPS) is 11.7. The van der Waals surface area contributed by atoms with Gasteiger partial charge < -0.3 is 0 Å². The summed E-state index contributed by atoms with van der Waals surface area (Å²) in [5.41, 5.74) is 3.48. The molecule has 57 heavy (non-hydrogen) atoms. The molecule has 1 heterocycles. The molecule has 0 atom stereocenters. The van der Waals surface area contributed by atoms with Gasteiger partial charge in [-0.25, -0.2) is 8.78 Å². The Morgan fingerprint density at radius 2 is 0.561 bits per heavy atom. The minimum absolute atomic E-state index is 0.236. The zero-order valence-corrected chi connectivity index (χ0v) is 33.9. The highest BCUT2D eigenvalue weighted by molar-refractivity contribution is 7.20. The fourth-order valence-electron chi connectivity index (χ4n) is 8.68.